The van der Waals surface area contributed by atoms with Crippen molar-refractivity contribution in [3.63, 3.8) is 0 Å². The minimum atomic E-state index is -0.907. The van der Waals surface area contributed by atoms with Crippen LogP contribution >= 0.6 is 0 Å². The Morgan fingerprint density at radius 3 is 2.48 bits per heavy atom. The van der Waals surface area contributed by atoms with Crippen LogP contribution in [0.1, 0.15) is 37.0 Å². The van der Waals surface area contributed by atoms with Gasteiger partial charge in [0.25, 0.3) is 5.91 Å². The number of amides is 1. The van der Waals surface area contributed by atoms with Gasteiger partial charge in [0, 0.05) is 13.0 Å². The van der Waals surface area contributed by atoms with Crippen molar-refractivity contribution in [2.75, 3.05) is 6.54 Å². The van der Waals surface area contributed by atoms with Crippen molar-refractivity contribution in [2.45, 2.75) is 26.7 Å². The minimum Gasteiger partial charge on any atom is -0.504 e. The van der Waals surface area contributed by atoms with Gasteiger partial charge in [-0.3, -0.25) is 9.59 Å². The van der Waals surface area contributed by atoms with E-state index in [2.05, 4.69) is 5.32 Å². The first-order chi connectivity index (χ1) is 9.81. The van der Waals surface area contributed by atoms with E-state index in [1.165, 1.54) is 18.2 Å². The third-order valence-electron chi connectivity index (χ3n) is 3.08. The van der Waals surface area contributed by atoms with Gasteiger partial charge in [0.1, 0.15) is 0 Å². The smallest absolute Gasteiger partial charge is 0.303 e. The number of para-hydroxylation sites is 1. The molecule has 0 aliphatic rings. The van der Waals surface area contributed by atoms with Crippen LogP contribution in [0.3, 0.4) is 0 Å². The molecule has 1 rings (SSSR count). The standard InChI is InChI=1S/C15H21NO5/c1-9(2)6-10(7-13(18)19)8-16-15(21)11-4-3-5-12(17)14(11)20/h3-5,9-10,17,20H,6-8H2,1-2H3,(H,16,21)(H,18,19)/t10-/m0/s1. The van der Waals surface area contributed by atoms with Crippen LogP contribution in [0.15, 0.2) is 18.2 Å². The van der Waals surface area contributed by atoms with Gasteiger partial charge in [0.2, 0.25) is 0 Å². The molecule has 0 unspecified atom stereocenters. The van der Waals surface area contributed by atoms with Gasteiger partial charge in [-0.25, -0.2) is 0 Å². The van der Waals surface area contributed by atoms with Gasteiger partial charge in [-0.1, -0.05) is 19.9 Å². The fourth-order valence-electron chi connectivity index (χ4n) is 2.20. The lowest BCUT2D eigenvalue weighted by atomic mass is 9.94. The zero-order valence-corrected chi connectivity index (χ0v) is 12.2. The molecule has 0 aliphatic heterocycles. The molecule has 0 spiro atoms. The van der Waals surface area contributed by atoms with E-state index in [4.69, 9.17) is 5.11 Å². The highest BCUT2D eigenvalue weighted by Crippen LogP contribution is 2.28. The molecule has 1 aromatic carbocycles. The van der Waals surface area contributed by atoms with Crippen LogP contribution in [-0.2, 0) is 4.79 Å². The van der Waals surface area contributed by atoms with Crippen LogP contribution in [-0.4, -0.2) is 33.7 Å². The first-order valence-electron chi connectivity index (χ1n) is 6.82. The molecule has 4 N–H and O–H groups in total. The highest BCUT2D eigenvalue weighted by atomic mass is 16.4. The number of phenols is 2. The van der Waals surface area contributed by atoms with Crippen LogP contribution < -0.4 is 5.32 Å². The first-order valence-corrected chi connectivity index (χ1v) is 6.82. The van der Waals surface area contributed by atoms with E-state index in [-0.39, 0.29) is 30.2 Å². The number of hydrogen-bond donors (Lipinski definition) is 4. The molecule has 116 valence electrons. The molecule has 0 saturated carbocycles. The Bertz CT molecular complexity index is 513. The highest BCUT2D eigenvalue weighted by Gasteiger charge is 2.18. The van der Waals surface area contributed by atoms with Crippen LogP contribution in [0.5, 0.6) is 11.5 Å². The molecule has 0 aliphatic carbocycles. The zero-order chi connectivity index (χ0) is 16.0. The lowest BCUT2D eigenvalue weighted by Gasteiger charge is -2.18. The largest absolute Gasteiger partial charge is 0.504 e. The summed E-state index contributed by atoms with van der Waals surface area (Å²) in [6, 6.07) is 4.12. The molecular weight excluding hydrogens is 274 g/mol. The van der Waals surface area contributed by atoms with Crippen molar-refractivity contribution < 1.29 is 24.9 Å². The van der Waals surface area contributed by atoms with Crippen molar-refractivity contribution in [1.82, 2.24) is 5.32 Å². The Morgan fingerprint density at radius 1 is 1.24 bits per heavy atom. The van der Waals surface area contributed by atoms with Crippen molar-refractivity contribution in [2.24, 2.45) is 11.8 Å². The summed E-state index contributed by atoms with van der Waals surface area (Å²) in [6.07, 6.45) is 0.656. The van der Waals surface area contributed by atoms with E-state index in [0.29, 0.717) is 12.3 Å². The van der Waals surface area contributed by atoms with Crippen molar-refractivity contribution in [1.29, 1.82) is 0 Å². The average Bonchev–Trinajstić information content (AvgIpc) is 2.37. The summed E-state index contributed by atoms with van der Waals surface area (Å²) in [5.41, 5.74) is -0.0337. The van der Waals surface area contributed by atoms with E-state index in [1.54, 1.807) is 0 Å². The second-order valence-electron chi connectivity index (χ2n) is 5.48. The first kappa shape index (κ1) is 16.8. The van der Waals surface area contributed by atoms with Gasteiger partial charge in [-0.15, -0.1) is 0 Å². The maximum atomic E-state index is 12.0. The molecule has 0 saturated heterocycles. The summed E-state index contributed by atoms with van der Waals surface area (Å²) in [4.78, 5) is 22.8. The Balaban J connectivity index is 2.68. The number of aliphatic carboxylic acids is 1. The molecule has 0 radical (unpaired) electrons. The molecule has 0 bridgehead atoms. The Hall–Kier alpha value is -2.24. The number of carboxylic acids is 1. The lowest BCUT2D eigenvalue weighted by Crippen LogP contribution is -2.31. The molecular formula is C15H21NO5. The van der Waals surface area contributed by atoms with Crippen LogP contribution in [0.25, 0.3) is 0 Å². The zero-order valence-electron chi connectivity index (χ0n) is 12.2. The quantitative estimate of drug-likeness (QED) is 0.575. The summed E-state index contributed by atoms with van der Waals surface area (Å²) < 4.78 is 0. The molecule has 6 nitrogen and oxygen atoms in total. The Labute approximate surface area is 123 Å². The molecule has 1 aromatic rings. The fourth-order valence-corrected chi connectivity index (χ4v) is 2.20. The SMILES string of the molecule is CC(C)C[C@H](CNC(=O)c1cccc(O)c1O)CC(=O)O. The normalized spacial score (nSPS) is 12.1. The van der Waals surface area contributed by atoms with Gasteiger partial charge in [-0.05, 0) is 30.4 Å². The maximum Gasteiger partial charge on any atom is 0.303 e. The molecule has 21 heavy (non-hydrogen) atoms. The monoisotopic (exact) mass is 295 g/mol. The van der Waals surface area contributed by atoms with Crippen LogP contribution in [0, 0.1) is 11.8 Å². The summed E-state index contributed by atoms with van der Waals surface area (Å²) in [6.45, 7) is 4.17. The molecule has 0 aromatic heterocycles. The van der Waals surface area contributed by atoms with Crippen LogP contribution in [0.2, 0.25) is 0 Å². The van der Waals surface area contributed by atoms with Crippen LogP contribution in [0.4, 0.5) is 0 Å². The fraction of sp³-hybridized carbons (Fsp3) is 0.467. The summed E-state index contributed by atoms with van der Waals surface area (Å²) in [5, 5.41) is 30.5. The highest BCUT2D eigenvalue weighted by molar-refractivity contribution is 5.97. The van der Waals surface area contributed by atoms with Crippen molar-refractivity contribution in [3.05, 3.63) is 23.8 Å². The maximum absolute atomic E-state index is 12.0. The van der Waals surface area contributed by atoms with E-state index >= 15 is 0 Å². The molecule has 1 atom stereocenters. The molecule has 1 amide bonds. The van der Waals surface area contributed by atoms with Gasteiger partial charge >= 0.3 is 5.97 Å². The Morgan fingerprint density at radius 2 is 1.90 bits per heavy atom. The Kier molecular flexibility index (Phi) is 6.02. The van der Waals surface area contributed by atoms with Gasteiger partial charge in [-0.2, -0.15) is 0 Å². The number of carbonyl (C=O) groups is 2. The number of nitrogens with one attached hydrogen (secondary N) is 1. The van der Waals surface area contributed by atoms with Crippen molar-refractivity contribution >= 4 is 11.9 Å². The summed E-state index contributed by atoms with van der Waals surface area (Å²) in [7, 11) is 0. The second kappa shape index (κ2) is 7.52. The number of benzene rings is 1. The average molecular weight is 295 g/mol. The van der Waals surface area contributed by atoms with E-state index in [1.807, 2.05) is 13.8 Å². The van der Waals surface area contributed by atoms with E-state index in [9.17, 15) is 19.8 Å². The molecule has 0 heterocycles. The number of carboxylic acid groups (broad SMARTS) is 1. The summed E-state index contributed by atoms with van der Waals surface area (Å²) in [5.74, 6) is -2.15. The number of hydrogen-bond acceptors (Lipinski definition) is 4. The minimum absolute atomic E-state index is 0.0233. The third-order valence-corrected chi connectivity index (χ3v) is 3.08. The number of phenolic OH excluding ortho intramolecular Hbond substituents is 2. The third kappa shape index (κ3) is 5.33. The predicted molar refractivity (Wildman–Crippen MR) is 77.3 cm³/mol. The molecule has 0 fully saturated rings. The lowest BCUT2D eigenvalue weighted by molar-refractivity contribution is -0.138. The number of rotatable bonds is 7. The number of aromatic hydroxyl groups is 2. The topological polar surface area (TPSA) is 107 Å². The predicted octanol–water partition coefficient (Wildman–Crippen LogP) is 1.96. The van der Waals surface area contributed by atoms with Gasteiger partial charge in [0.05, 0.1) is 5.56 Å². The number of carbonyl (C=O) groups excluding carboxylic acids is 1. The van der Waals surface area contributed by atoms with E-state index in [0.717, 1.165) is 0 Å². The molecule has 6 heteroatoms. The second-order valence-corrected chi connectivity index (χ2v) is 5.48. The van der Waals surface area contributed by atoms with Gasteiger partial charge < -0.3 is 20.6 Å². The summed E-state index contributed by atoms with van der Waals surface area (Å²) >= 11 is 0. The van der Waals surface area contributed by atoms with Gasteiger partial charge in [0.15, 0.2) is 11.5 Å². The van der Waals surface area contributed by atoms with E-state index < -0.39 is 17.6 Å². The van der Waals surface area contributed by atoms with Crippen molar-refractivity contribution in [3.8, 4) is 11.5 Å².